The Hall–Kier alpha value is -0.780. The molecule has 2 rings (SSSR count). The molecule has 1 aromatic carbocycles. The smallest absolute Gasteiger partial charge is 0.147 e. The molecule has 0 radical (unpaired) electrons. The molecule has 0 saturated heterocycles. The van der Waals surface area contributed by atoms with Crippen LogP contribution < -0.4 is 5.32 Å². The molecular formula is C14H18BrN3S. The van der Waals surface area contributed by atoms with Crippen LogP contribution in [0, 0.1) is 6.92 Å². The number of rotatable bonds is 6. The van der Waals surface area contributed by atoms with Crippen LogP contribution in [0.1, 0.15) is 23.9 Å². The van der Waals surface area contributed by atoms with Gasteiger partial charge in [0.2, 0.25) is 0 Å². The normalized spacial score (nSPS) is 10.9. The van der Waals surface area contributed by atoms with Crippen molar-refractivity contribution in [2.75, 3.05) is 13.1 Å². The van der Waals surface area contributed by atoms with Crippen molar-refractivity contribution in [3.8, 4) is 10.6 Å². The summed E-state index contributed by atoms with van der Waals surface area (Å²) in [7, 11) is 0. The molecule has 2 aromatic rings. The lowest BCUT2D eigenvalue weighted by Gasteiger charge is -2.00. The van der Waals surface area contributed by atoms with E-state index < -0.39 is 0 Å². The fourth-order valence-electron chi connectivity index (χ4n) is 1.79. The summed E-state index contributed by atoms with van der Waals surface area (Å²) in [4.78, 5) is 0. The van der Waals surface area contributed by atoms with Crippen molar-refractivity contribution in [3.05, 3.63) is 33.2 Å². The van der Waals surface area contributed by atoms with Crippen molar-refractivity contribution in [2.45, 2.75) is 26.7 Å². The monoisotopic (exact) mass is 339 g/mol. The van der Waals surface area contributed by atoms with E-state index in [-0.39, 0.29) is 0 Å². The second-order valence-electron chi connectivity index (χ2n) is 4.42. The summed E-state index contributed by atoms with van der Waals surface area (Å²) in [6.07, 6.45) is 2.11. The second-order valence-corrected chi connectivity index (χ2v) is 6.34. The van der Waals surface area contributed by atoms with E-state index in [1.165, 1.54) is 5.56 Å². The molecule has 3 nitrogen and oxygen atoms in total. The van der Waals surface area contributed by atoms with Crippen LogP contribution >= 0.6 is 27.3 Å². The molecular weight excluding hydrogens is 322 g/mol. The van der Waals surface area contributed by atoms with Gasteiger partial charge in [-0.15, -0.1) is 10.2 Å². The van der Waals surface area contributed by atoms with Crippen LogP contribution in [0.15, 0.2) is 22.7 Å². The predicted octanol–water partition coefficient (Wildman–Crippen LogP) is 3.82. The lowest BCUT2D eigenvalue weighted by molar-refractivity contribution is 0.669. The van der Waals surface area contributed by atoms with Crippen LogP contribution in [-0.4, -0.2) is 23.3 Å². The Kier molecular flexibility index (Phi) is 5.48. The van der Waals surface area contributed by atoms with Crippen LogP contribution in [0.3, 0.4) is 0 Å². The van der Waals surface area contributed by atoms with E-state index in [9.17, 15) is 0 Å². The van der Waals surface area contributed by atoms with Gasteiger partial charge in [0.1, 0.15) is 10.0 Å². The van der Waals surface area contributed by atoms with E-state index in [0.717, 1.165) is 46.0 Å². The highest BCUT2D eigenvalue weighted by Gasteiger charge is 2.07. The van der Waals surface area contributed by atoms with Gasteiger partial charge in [0, 0.05) is 16.5 Å². The third-order valence-electron chi connectivity index (χ3n) is 2.87. The number of halogens is 1. The van der Waals surface area contributed by atoms with Crippen molar-refractivity contribution < 1.29 is 0 Å². The molecule has 0 spiro atoms. The van der Waals surface area contributed by atoms with E-state index in [0.29, 0.717) is 0 Å². The molecule has 1 heterocycles. The van der Waals surface area contributed by atoms with Gasteiger partial charge in [-0.25, -0.2) is 0 Å². The van der Waals surface area contributed by atoms with Gasteiger partial charge in [0.25, 0.3) is 0 Å². The quantitative estimate of drug-likeness (QED) is 0.813. The Bertz CT molecular complexity index is 539. The van der Waals surface area contributed by atoms with Crippen LogP contribution in [0.4, 0.5) is 0 Å². The number of aryl methyl sites for hydroxylation is 2. The summed E-state index contributed by atoms with van der Waals surface area (Å²) in [5, 5.41) is 14.0. The first-order chi connectivity index (χ1) is 9.20. The number of benzene rings is 1. The van der Waals surface area contributed by atoms with Crippen molar-refractivity contribution in [1.82, 2.24) is 15.5 Å². The van der Waals surface area contributed by atoms with Crippen molar-refractivity contribution >= 4 is 27.3 Å². The van der Waals surface area contributed by atoms with E-state index in [4.69, 9.17) is 0 Å². The maximum atomic E-state index is 4.29. The molecule has 102 valence electrons. The average Bonchev–Trinajstić information content (AvgIpc) is 2.87. The maximum absolute atomic E-state index is 4.29. The first-order valence-electron chi connectivity index (χ1n) is 6.50. The summed E-state index contributed by atoms with van der Waals surface area (Å²) in [6.45, 7) is 6.28. The number of nitrogens with zero attached hydrogens (tertiary/aromatic N) is 2. The van der Waals surface area contributed by atoms with Gasteiger partial charge in [0.15, 0.2) is 0 Å². The Morgan fingerprint density at radius 3 is 2.89 bits per heavy atom. The molecule has 0 atom stereocenters. The van der Waals surface area contributed by atoms with Gasteiger partial charge in [-0.1, -0.05) is 40.3 Å². The molecule has 0 fully saturated rings. The Labute approximate surface area is 126 Å². The first kappa shape index (κ1) is 14.6. The summed E-state index contributed by atoms with van der Waals surface area (Å²) < 4.78 is 1.13. The maximum Gasteiger partial charge on any atom is 0.147 e. The van der Waals surface area contributed by atoms with E-state index >= 15 is 0 Å². The molecule has 0 bridgehead atoms. The summed E-state index contributed by atoms with van der Waals surface area (Å²) in [5.41, 5.74) is 2.37. The largest absolute Gasteiger partial charge is 0.317 e. The highest BCUT2D eigenvalue weighted by atomic mass is 79.9. The van der Waals surface area contributed by atoms with Gasteiger partial charge in [-0.05, 0) is 44.1 Å². The third-order valence-corrected chi connectivity index (χ3v) is 4.79. The molecule has 0 aliphatic rings. The number of aromatic nitrogens is 2. The van der Waals surface area contributed by atoms with Crippen LogP contribution in [-0.2, 0) is 6.42 Å². The lowest BCUT2D eigenvalue weighted by Crippen LogP contribution is -2.14. The number of hydrogen-bond acceptors (Lipinski definition) is 4. The third kappa shape index (κ3) is 4.09. The topological polar surface area (TPSA) is 37.8 Å². The summed E-state index contributed by atoms with van der Waals surface area (Å²) in [6, 6.07) is 6.30. The van der Waals surface area contributed by atoms with Crippen molar-refractivity contribution in [1.29, 1.82) is 0 Å². The second kappa shape index (κ2) is 7.12. The molecule has 5 heteroatoms. The zero-order valence-corrected chi connectivity index (χ0v) is 13.6. The van der Waals surface area contributed by atoms with Crippen LogP contribution in [0.25, 0.3) is 10.6 Å². The minimum Gasteiger partial charge on any atom is -0.317 e. The molecule has 1 N–H and O–H groups in total. The summed E-state index contributed by atoms with van der Waals surface area (Å²) >= 11 is 5.21. The van der Waals surface area contributed by atoms with E-state index in [1.54, 1.807) is 11.3 Å². The minimum atomic E-state index is 1.00. The Morgan fingerprint density at radius 1 is 1.32 bits per heavy atom. The minimum absolute atomic E-state index is 1.00. The molecule has 0 amide bonds. The van der Waals surface area contributed by atoms with Gasteiger partial charge in [-0.3, -0.25) is 0 Å². The molecule has 1 aromatic heterocycles. The highest BCUT2D eigenvalue weighted by Crippen LogP contribution is 2.27. The average molecular weight is 340 g/mol. The zero-order valence-electron chi connectivity index (χ0n) is 11.2. The SMILES string of the molecule is CCNCCCc1nnc(-c2ccc(Br)c(C)c2)s1. The molecule has 19 heavy (non-hydrogen) atoms. The van der Waals surface area contributed by atoms with E-state index in [1.807, 2.05) is 0 Å². The van der Waals surface area contributed by atoms with Crippen LogP contribution in [0.5, 0.6) is 0 Å². The molecule has 0 aliphatic heterocycles. The Morgan fingerprint density at radius 2 is 2.16 bits per heavy atom. The molecule has 0 unspecified atom stereocenters. The van der Waals surface area contributed by atoms with Gasteiger partial charge < -0.3 is 5.32 Å². The van der Waals surface area contributed by atoms with Crippen molar-refractivity contribution in [3.63, 3.8) is 0 Å². The highest BCUT2D eigenvalue weighted by molar-refractivity contribution is 9.10. The van der Waals surface area contributed by atoms with Crippen molar-refractivity contribution in [2.24, 2.45) is 0 Å². The first-order valence-corrected chi connectivity index (χ1v) is 8.11. The summed E-state index contributed by atoms with van der Waals surface area (Å²) in [5.74, 6) is 0. The fourth-order valence-corrected chi connectivity index (χ4v) is 2.91. The fraction of sp³-hybridized carbons (Fsp3) is 0.429. The predicted molar refractivity (Wildman–Crippen MR) is 84.6 cm³/mol. The zero-order chi connectivity index (χ0) is 13.7. The van der Waals surface area contributed by atoms with Gasteiger partial charge in [-0.2, -0.15) is 0 Å². The van der Waals surface area contributed by atoms with Gasteiger partial charge >= 0.3 is 0 Å². The standard InChI is InChI=1S/C14H18BrN3S/c1-3-16-8-4-5-13-17-18-14(19-13)11-6-7-12(15)10(2)9-11/h6-7,9,16H,3-5,8H2,1-2H3. The molecule has 0 aliphatic carbocycles. The number of hydrogen-bond donors (Lipinski definition) is 1. The molecule has 0 saturated carbocycles. The Balaban J connectivity index is 2.01. The number of nitrogens with one attached hydrogen (secondary N) is 1. The van der Waals surface area contributed by atoms with Gasteiger partial charge in [0.05, 0.1) is 0 Å². The van der Waals surface area contributed by atoms with E-state index in [2.05, 4.69) is 63.5 Å². The van der Waals surface area contributed by atoms with Crippen LogP contribution in [0.2, 0.25) is 0 Å². The lowest BCUT2D eigenvalue weighted by atomic mass is 10.1.